The monoisotopic (exact) mass is 334 g/mol. The Balaban J connectivity index is 2.32. The van der Waals surface area contributed by atoms with Crippen molar-refractivity contribution in [2.45, 2.75) is 18.4 Å². The van der Waals surface area contributed by atoms with E-state index in [1.54, 1.807) is 19.1 Å². The molecule has 0 spiro atoms. The number of non-ortho nitro benzene ring substituents is 1. The second-order valence-electron chi connectivity index (χ2n) is 4.74. The topological polar surface area (TPSA) is 93.7 Å². The number of nitrogens with zero attached hydrogens (tertiary/aromatic N) is 2. The molecule has 1 aromatic carbocycles. The van der Waals surface area contributed by atoms with E-state index in [9.17, 15) is 18.5 Å². The van der Waals surface area contributed by atoms with Gasteiger partial charge in [0.15, 0.2) is 0 Å². The standard InChI is InChI=1S/C15H14N2O5S/c1-3-10-16(11-14-7-4-12(2)22-14)23(20,21)15-8-5-13(6-9-15)17(18)19/h1,4-9H,10-11H2,2H3. The van der Waals surface area contributed by atoms with Gasteiger partial charge in [-0.1, -0.05) is 5.92 Å². The summed E-state index contributed by atoms with van der Waals surface area (Å²) in [6.07, 6.45) is 5.25. The molecule has 8 heteroatoms. The van der Waals surface area contributed by atoms with E-state index in [0.29, 0.717) is 11.5 Å². The number of terminal acetylenes is 1. The summed E-state index contributed by atoms with van der Waals surface area (Å²) in [5, 5.41) is 10.6. The molecule has 0 saturated heterocycles. The maximum absolute atomic E-state index is 12.6. The average molecular weight is 334 g/mol. The smallest absolute Gasteiger partial charge is 0.269 e. The summed E-state index contributed by atoms with van der Waals surface area (Å²) >= 11 is 0. The van der Waals surface area contributed by atoms with Gasteiger partial charge in [0.2, 0.25) is 10.0 Å². The van der Waals surface area contributed by atoms with Crippen molar-refractivity contribution in [1.82, 2.24) is 4.31 Å². The minimum absolute atomic E-state index is 0.0165. The van der Waals surface area contributed by atoms with E-state index in [1.165, 1.54) is 12.1 Å². The Bertz CT molecular complexity index is 847. The number of nitro groups is 1. The largest absolute Gasteiger partial charge is 0.465 e. The first-order chi connectivity index (χ1) is 10.8. The number of furan rings is 1. The highest BCUT2D eigenvalue weighted by molar-refractivity contribution is 7.89. The highest BCUT2D eigenvalue weighted by Crippen LogP contribution is 2.21. The van der Waals surface area contributed by atoms with Crippen molar-refractivity contribution in [1.29, 1.82) is 0 Å². The molecule has 0 unspecified atom stereocenters. The fourth-order valence-corrected chi connectivity index (χ4v) is 3.28. The van der Waals surface area contributed by atoms with Gasteiger partial charge in [-0.2, -0.15) is 4.31 Å². The van der Waals surface area contributed by atoms with E-state index in [-0.39, 0.29) is 23.7 Å². The highest BCUT2D eigenvalue weighted by Gasteiger charge is 2.25. The second-order valence-corrected chi connectivity index (χ2v) is 6.68. The first-order valence-corrected chi connectivity index (χ1v) is 8.02. The van der Waals surface area contributed by atoms with Crippen LogP contribution in [0.5, 0.6) is 0 Å². The Kier molecular flexibility index (Phi) is 4.83. The van der Waals surface area contributed by atoms with Gasteiger partial charge in [0, 0.05) is 12.1 Å². The van der Waals surface area contributed by atoms with Crippen LogP contribution in [0.2, 0.25) is 0 Å². The maximum Gasteiger partial charge on any atom is 0.269 e. The molecule has 0 aliphatic heterocycles. The second kappa shape index (κ2) is 6.64. The van der Waals surface area contributed by atoms with Crippen molar-refractivity contribution in [3.63, 3.8) is 0 Å². The normalized spacial score (nSPS) is 11.3. The number of rotatable bonds is 6. The number of benzene rings is 1. The van der Waals surface area contributed by atoms with Crippen LogP contribution in [0.25, 0.3) is 0 Å². The number of hydrogen-bond donors (Lipinski definition) is 0. The number of nitro benzene ring substituents is 1. The Hall–Kier alpha value is -2.63. The van der Waals surface area contributed by atoms with Crippen molar-refractivity contribution >= 4 is 15.7 Å². The molecule has 120 valence electrons. The van der Waals surface area contributed by atoms with Gasteiger partial charge in [-0.25, -0.2) is 8.42 Å². The third kappa shape index (κ3) is 3.77. The van der Waals surface area contributed by atoms with E-state index in [0.717, 1.165) is 16.4 Å². The lowest BCUT2D eigenvalue weighted by atomic mass is 10.3. The van der Waals surface area contributed by atoms with Crippen LogP contribution in [0, 0.1) is 29.4 Å². The Morgan fingerprint density at radius 1 is 1.26 bits per heavy atom. The zero-order valence-corrected chi connectivity index (χ0v) is 13.1. The SMILES string of the molecule is C#CCN(Cc1ccc(C)o1)S(=O)(=O)c1ccc([N+](=O)[O-])cc1. The number of hydrogen-bond acceptors (Lipinski definition) is 5. The summed E-state index contributed by atoms with van der Waals surface area (Å²) in [6.45, 7) is 1.59. The van der Waals surface area contributed by atoms with E-state index in [2.05, 4.69) is 5.92 Å². The molecule has 0 aliphatic carbocycles. The summed E-state index contributed by atoms with van der Waals surface area (Å²) < 4.78 is 31.7. The Morgan fingerprint density at radius 3 is 2.39 bits per heavy atom. The number of aryl methyl sites for hydroxylation is 1. The van der Waals surface area contributed by atoms with Crippen molar-refractivity contribution in [2.75, 3.05) is 6.54 Å². The van der Waals surface area contributed by atoms with Crippen molar-refractivity contribution in [3.05, 3.63) is 58.0 Å². The molecule has 23 heavy (non-hydrogen) atoms. The van der Waals surface area contributed by atoms with Gasteiger partial charge in [0.05, 0.1) is 22.9 Å². The molecule has 0 bridgehead atoms. The lowest BCUT2D eigenvalue weighted by Crippen LogP contribution is -2.30. The minimum Gasteiger partial charge on any atom is -0.465 e. The van der Waals surface area contributed by atoms with E-state index in [1.807, 2.05) is 0 Å². The molecule has 7 nitrogen and oxygen atoms in total. The van der Waals surface area contributed by atoms with Crippen LogP contribution < -0.4 is 0 Å². The zero-order chi connectivity index (χ0) is 17.0. The van der Waals surface area contributed by atoms with Crippen molar-refractivity contribution in [3.8, 4) is 12.3 Å². The summed E-state index contributed by atoms with van der Waals surface area (Å²) in [7, 11) is -3.89. The van der Waals surface area contributed by atoms with E-state index in [4.69, 9.17) is 10.8 Å². The van der Waals surface area contributed by atoms with Crippen LogP contribution in [0.1, 0.15) is 11.5 Å². The van der Waals surface area contributed by atoms with Gasteiger partial charge in [-0.3, -0.25) is 10.1 Å². The molecule has 0 atom stereocenters. The lowest BCUT2D eigenvalue weighted by molar-refractivity contribution is -0.384. The molecule has 2 aromatic rings. The highest BCUT2D eigenvalue weighted by atomic mass is 32.2. The fourth-order valence-electron chi connectivity index (χ4n) is 1.96. The summed E-state index contributed by atoms with van der Waals surface area (Å²) in [4.78, 5) is 9.98. The molecule has 1 aromatic heterocycles. The fraction of sp³-hybridized carbons (Fsp3) is 0.200. The molecule has 1 heterocycles. The van der Waals surface area contributed by atoms with E-state index >= 15 is 0 Å². The third-order valence-electron chi connectivity index (χ3n) is 3.08. The summed E-state index contributed by atoms with van der Waals surface area (Å²) in [5.74, 6) is 3.42. The number of sulfonamides is 1. The summed E-state index contributed by atoms with van der Waals surface area (Å²) in [6, 6.07) is 8.04. The van der Waals surface area contributed by atoms with E-state index < -0.39 is 14.9 Å². The molecular formula is C15H14N2O5S. The predicted molar refractivity (Wildman–Crippen MR) is 83.0 cm³/mol. The van der Waals surface area contributed by atoms with Crippen LogP contribution in [-0.4, -0.2) is 24.2 Å². The first-order valence-electron chi connectivity index (χ1n) is 6.58. The maximum atomic E-state index is 12.6. The van der Waals surface area contributed by atoms with Gasteiger partial charge in [0.25, 0.3) is 5.69 Å². The van der Waals surface area contributed by atoms with Crippen LogP contribution in [-0.2, 0) is 16.6 Å². The molecule has 0 N–H and O–H groups in total. The van der Waals surface area contributed by atoms with Gasteiger partial charge < -0.3 is 4.42 Å². The van der Waals surface area contributed by atoms with Gasteiger partial charge in [-0.15, -0.1) is 6.42 Å². The van der Waals surface area contributed by atoms with Crippen LogP contribution in [0.4, 0.5) is 5.69 Å². The molecular weight excluding hydrogens is 320 g/mol. The quantitative estimate of drug-likeness (QED) is 0.459. The predicted octanol–water partition coefficient (Wildman–Crippen LogP) is 2.32. The van der Waals surface area contributed by atoms with Crippen LogP contribution in [0.3, 0.4) is 0 Å². The molecule has 2 rings (SSSR count). The molecule has 0 aliphatic rings. The molecule has 0 radical (unpaired) electrons. The lowest BCUT2D eigenvalue weighted by Gasteiger charge is -2.18. The summed E-state index contributed by atoms with van der Waals surface area (Å²) in [5.41, 5.74) is -0.186. The van der Waals surface area contributed by atoms with Crippen molar-refractivity contribution in [2.24, 2.45) is 0 Å². The van der Waals surface area contributed by atoms with Crippen LogP contribution >= 0.6 is 0 Å². The van der Waals surface area contributed by atoms with Gasteiger partial charge in [-0.05, 0) is 31.2 Å². The van der Waals surface area contributed by atoms with Crippen LogP contribution in [0.15, 0.2) is 45.7 Å². The molecule has 0 saturated carbocycles. The molecule has 0 fully saturated rings. The minimum atomic E-state index is -3.89. The Labute approximate surface area is 133 Å². The van der Waals surface area contributed by atoms with Crippen molar-refractivity contribution < 1.29 is 17.8 Å². The van der Waals surface area contributed by atoms with Gasteiger partial charge >= 0.3 is 0 Å². The zero-order valence-electron chi connectivity index (χ0n) is 12.3. The first kappa shape index (κ1) is 16.7. The van der Waals surface area contributed by atoms with Gasteiger partial charge in [0.1, 0.15) is 11.5 Å². The Morgan fingerprint density at radius 2 is 1.91 bits per heavy atom. The third-order valence-corrected chi connectivity index (χ3v) is 4.89. The molecule has 0 amide bonds. The average Bonchev–Trinajstić information content (AvgIpc) is 2.92.